The van der Waals surface area contributed by atoms with Crippen molar-refractivity contribution in [2.45, 2.75) is 13.0 Å². The van der Waals surface area contributed by atoms with E-state index in [0.29, 0.717) is 5.88 Å². The van der Waals surface area contributed by atoms with E-state index in [1.807, 2.05) is 13.0 Å². The fourth-order valence-electron chi connectivity index (χ4n) is 0.756. The second kappa shape index (κ2) is 3.99. The summed E-state index contributed by atoms with van der Waals surface area (Å²) in [7, 11) is 1.55. The Hall–Kier alpha value is -1.20. The summed E-state index contributed by atoms with van der Waals surface area (Å²) >= 11 is 0. The van der Waals surface area contributed by atoms with Crippen LogP contribution in [-0.4, -0.2) is 17.3 Å². The van der Waals surface area contributed by atoms with Gasteiger partial charge in [0.2, 0.25) is 5.88 Å². The molecule has 0 aliphatic heterocycles. The molecule has 0 aliphatic rings. The molecule has 1 rings (SSSR count). The van der Waals surface area contributed by atoms with Crippen molar-refractivity contribution >= 4 is 0 Å². The number of rotatable bonds is 3. The molecule has 0 fully saturated rings. The van der Waals surface area contributed by atoms with E-state index >= 15 is 0 Å². The fraction of sp³-hybridized carbons (Fsp3) is 0.429. The minimum atomic E-state index is 0.00315. The molecular formula is C7H12N4O. The molecule has 0 bridgehead atoms. The predicted octanol–water partition coefficient (Wildman–Crippen LogP) is 0.00950. The van der Waals surface area contributed by atoms with E-state index in [0.717, 1.165) is 5.69 Å². The Morgan fingerprint density at radius 3 is 2.67 bits per heavy atom. The molecule has 3 N–H and O–H groups in total. The Kier molecular flexibility index (Phi) is 2.95. The predicted molar refractivity (Wildman–Crippen MR) is 44.3 cm³/mol. The summed E-state index contributed by atoms with van der Waals surface area (Å²) in [5, 5.41) is 7.70. The summed E-state index contributed by atoms with van der Waals surface area (Å²) in [4.78, 5) is 0. The van der Waals surface area contributed by atoms with Crippen molar-refractivity contribution in [1.82, 2.24) is 15.6 Å². The maximum absolute atomic E-state index is 5.23. The van der Waals surface area contributed by atoms with E-state index in [-0.39, 0.29) is 6.04 Å². The van der Waals surface area contributed by atoms with Crippen LogP contribution in [0.25, 0.3) is 0 Å². The lowest BCUT2D eigenvalue weighted by molar-refractivity contribution is 0.389. The van der Waals surface area contributed by atoms with Gasteiger partial charge in [0.25, 0.3) is 0 Å². The van der Waals surface area contributed by atoms with Gasteiger partial charge in [-0.05, 0) is 13.0 Å². The van der Waals surface area contributed by atoms with Gasteiger partial charge in [0, 0.05) is 6.07 Å². The van der Waals surface area contributed by atoms with E-state index in [1.54, 1.807) is 13.2 Å². The van der Waals surface area contributed by atoms with Crippen molar-refractivity contribution in [2.75, 3.05) is 7.11 Å². The van der Waals surface area contributed by atoms with Gasteiger partial charge in [0.1, 0.15) is 0 Å². The van der Waals surface area contributed by atoms with Gasteiger partial charge in [-0.15, -0.1) is 5.10 Å². The molecule has 0 saturated heterocycles. The molecule has 0 spiro atoms. The van der Waals surface area contributed by atoms with Gasteiger partial charge >= 0.3 is 0 Å². The molecule has 0 amide bonds. The Balaban J connectivity index is 2.77. The van der Waals surface area contributed by atoms with Crippen LogP contribution in [0.2, 0.25) is 0 Å². The van der Waals surface area contributed by atoms with Gasteiger partial charge in [-0.2, -0.15) is 5.10 Å². The highest BCUT2D eigenvalue weighted by Crippen LogP contribution is 2.09. The fourth-order valence-corrected chi connectivity index (χ4v) is 0.756. The van der Waals surface area contributed by atoms with Crippen molar-refractivity contribution in [3.63, 3.8) is 0 Å². The zero-order valence-electron chi connectivity index (χ0n) is 7.11. The van der Waals surface area contributed by atoms with Crippen LogP contribution in [0.1, 0.15) is 18.7 Å². The number of hydrazine groups is 1. The van der Waals surface area contributed by atoms with Gasteiger partial charge in [-0.25, -0.2) is 0 Å². The third-order valence-electron chi connectivity index (χ3n) is 1.56. The van der Waals surface area contributed by atoms with Gasteiger partial charge < -0.3 is 4.74 Å². The molecule has 1 aromatic rings. The zero-order valence-corrected chi connectivity index (χ0v) is 7.11. The number of aromatic nitrogens is 2. The highest BCUT2D eigenvalue weighted by molar-refractivity contribution is 5.13. The number of nitrogens with one attached hydrogen (secondary N) is 1. The van der Waals surface area contributed by atoms with Crippen LogP contribution in [0, 0.1) is 0 Å². The summed E-state index contributed by atoms with van der Waals surface area (Å²) in [6.45, 7) is 1.90. The molecule has 1 atom stereocenters. The first kappa shape index (κ1) is 8.89. The van der Waals surface area contributed by atoms with Crippen LogP contribution in [0.4, 0.5) is 0 Å². The van der Waals surface area contributed by atoms with Gasteiger partial charge in [-0.1, -0.05) is 0 Å². The third-order valence-corrected chi connectivity index (χ3v) is 1.56. The molecule has 0 radical (unpaired) electrons. The molecular weight excluding hydrogens is 156 g/mol. The lowest BCUT2D eigenvalue weighted by Crippen LogP contribution is -2.26. The topological polar surface area (TPSA) is 73.1 Å². The molecule has 1 aromatic heterocycles. The van der Waals surface area contributed by atoms with Crippen molar-refractivity contribution in [1.29, 1.82) is 0 Å². The molecule has 0 saturated carbocycles. The first-order chi connectivity index (χ1) is 5.77. The van der Waals surface area contributed by atoms with E-state index in [2.05, 4.69) is 15.6 Å². The molecule has 66 valence electrons. The number of nitrogens with zero attached hydrogens (tertiary/aromatic N) is 2. The summed E-state index contributed by atoms with van der Waals surface area (Å²) in [6.07, 6.45) is 0. The minimum absolute atomic E-state index is 0.00315. The Bertz CT molecular complexity index is 236. The van der Waals surface area contributed by atoms with E-state index < -0.39 is 0 Å². The van der Waals surface area contributed by atoms with Gasteiger partial charge in [0.15, 0.2) is 0 Å². The average molecular weight is 168 g/mol. The number of hydrogen-bond donors (Lipinski definition) is 2. The maximum Gasteiger partial charge on any atom is 0.233 e. The van der Waals surface area contributed by atoms with Crippen molar-refractivity contribution in [3.05, 3.63) is 17.8 Å². The molecule has 1 unspecified atom stereocenters. The zero-order chi connectivity index (χ0) is 8.97. The highest BCUT2D eigenvalue weighted by atomic mass is 16.5. The number of nitrogens with two attached hydrogens (primary N) is 1. The summed E-state index contributed by atoms with van der Waals surface area (Å²) in [6, 6.07) is 3.57. The minimum Gasteiger partial charge on any atom is -0.480 e. The molecule has 5 nitrogen and oxygen atoms in total. The van der Waals surface area contributed by atoms with Crippen LogP contribution in [-0.2, 0) is 0 Å². The summed E-state index contributed by atoms with van der Waals surface area (Å²) in [5.74, 6) is 5.73. The smallest absolute Gasteiger partial charge is 0.233 e. The van der Waals surface area contributed by atoms with Crippen LogP contribution in [0.15, 0.2) is 12.1 Å². The van der Waals surface area contributed by atoms with Crippen molar-refractivity contribution in [2.24, 2.45) is 5.84 Å². The lowest BCUT2D eigenvalue weighted by atomic mass is 10.2. The lowest BCUT2D eigenvalue weighted by Gasteiger charge is -2.07. The third kappa shape index (κ3) is 1.90. The Labute approximate surface area is 70.9 Å². The van der Waals surface area contributed by atoms with Crippen molar-refractivity contribution < 1.29 is 4.74 Å². The molecule has 0 aromatic carbocycles. The van der Waals surface area contributed by atoms with Crippen molar-refractivity contribution in [3.8, 4) is 5.88 Å². The van der Waals surface area contributed by atoms with Crippen LogP contribution in [0.5, 0.6) is 5.88 Å². The van der Waals surface area contributed by atoms with E-state index in [4.69, 9.17) is 10.6 Å². The number of hydrogen-bond acceptors (Lipinski definition) is 5. The number of methoxy groups -OCH3 is 1. The normalized spacial score (nSPS) is 12.6. The molecule has 0 aliphatic carbocycles. The van der Waals surface area contributed by atoms with E-state index in [1.165, 1.54) is 0 Å². The standard InChI is InChI=1S/C7H12N4O/c1-5(9-8)6-3-4-7(12-2)11-10-6/h3-5,9H,8H2,1-2H3. The molecule has 12 heavy (non-hydrogen) atoms. The molecule has 1 heterocycles. The second-order valence-corrected chi connectivity index (χ2v) is 2.39. The summed E-state index contributed by atoms with van der Waals surface area (Å²) in [5.41, 5.74) is 3.37. The largest absolute Gasteiger partial charge is 0.480 e. The SMILES string of the molecule is COc1ccc(C(C)NN)nn1. The molecule has 5 heteroatoms. The number of ether oxygens (including phenoxy) is 1. The van der Waals surface area contributed by atoms with E-state index in [9.17, 15) is 0 Å². The van der Waals surface area contributed by atoms with Gasteiger partial charge in [-0.3, -0.25) is 11.3 Å². The van der Waals surface area contributed by atoms with Crippen LogP contribution >= 0.6 is 0 Å². The van der Waals surface area contributed by atoms with Crippen LogP contribution in [0.3, 0.4) is 0 Å². The first-order valence-electron chi connectivity index (χ1n) is 3.61. The first-order valence-corrected chi connectivity index (χ1v) is 3.61. The monoisotopic (exact) mass is 168 g/mol. The van der Waals surface area contributed by atoms with Crippen LogP contribution < -0.4 is 16.0 Å². The average Bonchev–Trinajstić information content (AvgIpc) is 2.17. The quantitative estimate of drug-likeness (QED) is 0.491. The Morgan fingerprint density at radius 1 is 1.50 bits per heavy atom. The Morgan fingerprint density at radius 2 is 2.25 bits per heavy atom. The maximum atomic E-state index is 5.23. The summed E-state index contributed by atoms with van der Waals surface area (Å²) < 4.78 is 4.86. The van der Waals surface area contributed by atoms with Gasteiger partial charge in [0.05, 0.1) is 18.8 Å². The highest BCUT2D eigenvalue weighted by Gasteiger charge is 2.04. The second-order valence-electron chi connectivity index (χ2n) is 2.39.